The van der Waals surface area contributed by atoms with Crippen LogP contribution in [0.5, 0.6) is 0 Å². The first-order valence-corrected chi connectivity index (χ1v) is 11.0. The minimum Gasteiger partial charge on any atom is -0.397 e. The highest BCUT2D eigenvalue weighted by Crippen LogP contribution is 2.32. The van der Waals surface area contributed by atoms with Gasteiger partial charge in [-0.15, -0.1) is 11.3 Å². The molecule has 0 unspecified atom stereocenters. The van der Waals surface area contributed by atoms with Crippen LogP contribution < -0.4 is 16.2 Å². The van der Waals surface area contributed by atoms with E-state index in [-0.39, 0.29) is 5.56 Å². The number of piperazine rings is 1. The number of aromatic nitrogens is 3. The van der Waals surface area contributed by atoms with E-state index in [2.05, 4.69) is 36.9 Å². The van der Waals surface area contributed by atoms with Crippen molar-refractivity contribution < 1.29 is 0 Å². The van der Waals surface area contributed by atoms with Gasteiger partial charge in [0.25, 0.3) is 5.56 Å². The molecule has 148 valence electrons. The number of nitrogens with two attached hydrogens (primary N) is 1. The van der Waals surface area contributed by atoms with Crippen LogP contribution in [0, 0.1) is 0 Å². The van der Waals surface area contributed by atoms with Gasteiger partial charge in [0.2, 0.25) is 0 Å². The number of anilines is 2. The maximum absolute atomic E-state index is 12.6. The van der Waals surface area contributed by atoms with Crippen molar-refractivity contribution in [2.45, 2.75) is 18.9 Å². The predicted molar refractivity (Wildman–Crippen MR) is 119 cm³/mol. The van der Waals surface area contributed by atoms with Crippen molar-refractivity contribution in [2.75, 3.05) is 36.8 Å². The Hall–Kier alpha value is -2.84. The second-order valence-electron chi connectivity index (χ2n) is 7.98. The Morgan fingerprint density at radius 2 is 1.90 bits per heavy atom. The molecular formula is C21H22N6OS. The molecule has 1 saturated carbocycles. The van der Waals surface area contributed by atoms with Crippen LogP contribution in [0.15, 0.2) is 33.8 Å². The molecule has 0 bridgehead atoms. The molecule has 2 fully saturated rings. The van der Waals surface area contributed by atoms with E-state index in [1.54, 1.807) is 0 Å². The molecule has 4 N–H and O–H groups in total. The highest BCUT2D eigenvalue weighted by atomic mass is 32.1. The number of imidazole rings is 1. The van der Waals surface area contributed by atoms with E-state index in [0.29, 0.717) is 17.1 Å². The van der Waals surface area contributed by atoms with Gasteiger partial charge < -0.3 is 20.6 Å². The summed E-state index contributed by atoms with van der Waals surface area (Å²) >= 11 is 1.52. The Bertz CT molecular complexity index is 1280. The molecule has 4 heterocycles. The summed E-state index contributed by atoms with van der Waals surface area (Å²) in [5, 5.41) is 4.70. The molecule has 0 radical (unpaired) electrons. The van der Waals surface area contributed by atoms with Crippen LogP contribution in [0.2, 0.25) is 0 Å². The Balaban J connectivity index is 1.35. The van der Waals surface area contributed by atoms with Gasteiger partial charge in [-0.25, -0.2) is 4.98 Å². The lowest BCUT2D eigenvalue weighted by Gasteiger charge is -2.36. The Morgan fingerprint density at radius 3 is 2.69 bits per heavy atom. The summed E-state index contributed by atoms with van der Waals surface area (Å²) in [6.45, 7) is 4.35. The van der Waals surface area contributed by atoms with Crippen molar-refractivity contribution in [2.24, 2.45) is 0 Å². The Labute approximate surface area is 171 Å². The lowest BCUT2D eigenvalue weighted by Crippen LogP contribution is -2.47. The lowest BCUT2D eigenvalue weighted by atomic mass is 10.1. The third-order valence-electron chi connectivity index (χ3n) is 6.14. The number of hydrogen-bond donors (Lipinski definition) is 3. The van der Waals surface area contributed by atoms with Crippen LogP contribution in [-0.2, 0) is 0 Å². The smallest absolute Gasteiger partial charge is 0.261 e. The molecule has 3 aromatic heterocycles. The van der Waals surface area contributed by atoms with E-state index in [4.69, 9.17) is 5.73 Å². The number of thiophene rings is 1. The van der Waals surface area contributed by atoms with E-state index in [9.17, 15) is 4.79 Å². The van der Waals surface area contributed by atoms with Crippen LogP contribution in [0.1, 0.15) is 12.8 Å². The van der Waals surface area contributed by atoms with Crippen molar-refractivity contribution in [3.63, 3.8) is 0 Å². The summed E-state index contributed by atoms with van der Waals surface area (Å²) < 4.78 is 0. The molecule has 0 spiro atoms. The van der Waals surface area contributed by atoms with Crippen LogP contribution >= 0.6 is 11.3 Å². The first kappa shape index (κ1) is 17.1. The first-order valence-electron chi connectivity index (χ1n) is 10.0. The molecule has 1 aliphatic heterocycles. The molecule has 6 rings (SSSR count). The SMILES string of the molecule is Nc1c(-c2nc3ccc(N4CCN(C5CC5)CC4)cc3[nH]2)c(=O)[nH]c2cscc12. The maximum atomic E-state index is 12.6. The summed E-state index contributed by atoms with van der Waals surface area (Å²) in [6.07, 6.45) is 2.73. The number of nitrogen functional groups attached to an aromatic ring is 1. The fraction of sp³-hybridized carbons (Fsp3) is 0.333. The third-order valence-corrected chi connectivity index (χ3v) is 6.89. The zero-order chi connectivity index (χ0) is 19.5. The van der Waals surface area contributed by atoms with E-state index in [1.807, 2.05) is 16.8 Å². The minimum atomic E-state index is -0.219. The molecule has 2 aliphatic rings. The summed E-state index contributed by atoms with van der Waals surface area (Å²) in [5.74, 6) is 0.516. The maximum Gasteiger partial charge on any atom is 0.261 e. The molecule has 8 heteroatoms. The van der Waals surface area contributed by atoms with Crippen LogP contribution in [0.4, 0.5) is 11.4 Å². The van der Waals surface area contributed by atoms with Crippen LogP contribution in [-0.4, -0.2) is 52.1 Å². The normalized spacial score (nSPS) is 18.1. The molecule has 0 amide bonds. The van der Waals surface area contributed by atoms with Crippen molar-refractivity contribution in [3.05, 3.63) is 39.3 Å². The summed E-state index contributed by atoms with van der Waals surface area (Å²) in [4.78, 5) is 28.5. The number of fused-ring (bicyclic) bond motifs is 2. The van der Waals surface area contributed by atoms with E-state index < -0.39 is 0 Å². The van der Waals surface area contributed by atoms with E-state index >= 15 is 0 Å². The summed E-state index contributed by atoms with van der Waals surface area (Å²) in [6, 6.07) is 7.10. The fourth-order valence-corrected chi connectivity index (χ4v) is 5.16. The topological polar surface area (TPSA) is 94.0 Å². The number of nitrogens with zero attached hydrogens (tertiary/aromatic N) is 3. The minimum absolute atomic E-state index is 0.219. The standard InChI is InChI=1S/C21H22N6OS/c22-19-14-10-29-11-17(14)25-21(28)18(19)20-23-15-4-3-13(9-16(15)24-20)27-7-5-26(6-8-27)12-1-2-12/h3-4,9-12H,1-2,5-8,22H2,(H,23,24)(H,25,28). The van der Waals surface area contributed by atoms with Crippen molar-refractivity contribution in [1.82, 2.24) is 19.9 Å². The Kier molecular flexibility index (Phi) is 3.72. The second kappa shape index (κ2) is 6.33. The average Bonchev–Trinajstić information content (AvgIpc) is 3.32. The number of benzene rings is 1. The summed E-state index contributed by atoms with van der Waals surface area (Å²) in [7, 11) is 0. The molecule has 1 aliphatic carbocycles. The number of hydrogen-bond acceptors (Lipinski definition) is 6. The molecule has 29 heavy (non-hydrogen) atoms. The van der Waals surface area contributed by atoms with Gasteiger partial charge in [-0.1, -0.05) is 0 Å². The van der Waals surface area contributed by atoms with Gasteiger partial charge in [0.15, 0.2) is 0 Å². The molecule has 0 atom stereocenters. The van der Waals surface area contributed by atoms with Gasteiger partial charge in [-0.05, 0) is 31.0 Å². The van der Waals surface area contributed by atoms with Crippen molar-refractivity contribution in [1.29, 1.82) is 0 Å². The summed E-state index contributed by atoms with van der Waals surface area (Å²) in [5.41, 5.74) is 10.7. The van der Waals surface area contributed by atoms with Crippen molar-refractivity contribution in [3.8, 4) is 11.4 Å². The third kappa shape index (κ3) is 2.82. The first-order chi connectivity index (χ1) is 14.2. The van der Waals surface area contributed by atoms with E-state index in [1.165, 1.54) is 29.9 Å². The molecule has 1 saturated heterocycles. The largest absolute Gasteiger partial charge is 0.397 e. The zero-order valence-electron chi connectivity index (χ0n) is 15.9. The van der Waals surface area contributed by atoms with Crippen LogP contribution in [0.25, 0.3) is 33.3 Å². The highest BCUT2D eigenvalue weighted by molar-refractivity contribution is 7.09. The molecular weight excluding hydrogens is 384 g/mol. The lowest BCUT2D eigenvalue weighted by molar-refractivity contribution is 0.248. The van der Waals surface area contributed by atoms with Crippen molar-refractivity contribution >= 4 is 44.6 Å². The molecule has 7 nitrogen and oxygen atoms in total. The van der Waals surface area contributed by atoms with E-state index in [0.717, 1.165) is 54.2 Å². The van der Waals surface area contributed by atoms with Gasteiger partial charge in [-0.2, -0.15) is 0 Å². The fourth-order valence-electron chi connectivity index (χ4n) is 4.38. The number of rotatable bonds is 3. The molecule has 1 aromatic carbocycles. The highest BCUT2D eigenvalue weighted by Gasteiger charge is 2.31. The average molecular weight is 407 g/mol. The Morgan fingerprint density at radius 1 is 1.07 bits per heavy atom. The van der Waals surface area contributed by atoms with Gasteiger partial charge in [0.05, 0.1) is 22.2 Å². The van der Waals surface area contributed by atoms with Gasteiger partial charge in [-0.3, -0.25) is 9.69 Å². The number of pyridine rings is 1. The number of H-pyrrole nitrogens is 2. The number of nitrogens with one attached hydrogen (secondary N) is 2. The zero-order valence-corrected chi connectivity index (χ0v) is 16.8. The quantitative estimate of drug-likeness (QED) is 0.486. The van der Waals surface area contributed by atoms with Crippen LogP contribution in [0.3, 0.4) is 0 Å². The second-order valence-corrected chi connectivity index (χ2v) is 8.73. The number of aromatic amines is 2. The monoisotopic (exact) mass is 406 g/mol. The molecule has 4 aromatic rings. The predicted octanol–water partition coefficient (Wildman–Crippen LogP) is 3.00. The van der Waals surface area contributed by atoms with Gasteiger partial charge in [0.1, 0.15) is 11.4 Å². The van der Waals surface area contributed by atoms with Gasteiger partial charge >= 0.3 is 0 Å². The van der Waals surface area contributed by atoms with Gasteiger partial charge in [0, 0.05) is 54.1 Å².